The number of alkyl halides is 3. The highest BCUT2D eigenvalue weighted by atomic mass is 32.2. The number of fused-ring (bicyclic) bond motifs is 5. The van der Waals surface area contributed by atoms with Gasteiger partial charge < -0.3 is 4.18 Å². The van der Waals surface area contributed by atoms with E-state index in [9.17, 15) is 21.6 Å². The van der Waals surface area contributed by atoms with Crippen LogP contribution in [0.4, 0.5) is 13.2 Å². The molecule has 0 radical (unpaired) electrons. The molecule has 0 bridgehead atoms. The lowest BCUT2D eigenvalue weighted by molar-refractivity contribution is -0.0576. The average molecular weight is 404 g/mol. The second kappa shape index (κ2) is 6.01. The molecule has 0 aromatic carbocycles. The third kappa shape index (κ3) is 2.78. The Hall–Kier alpha value is -0.980. The Balaban J connectivity index is 1.59. The molecule has 27 heavy (non-hydrogen) atoms. The van der Waals surface area contributed by atoms with Crippen LogP contribution in [0.1, 0.15) is 65.2 Å². The molecule has 4 rings (SSSR count). The first-order valence-corrected chi connectivity index (χ1v) is 11.3. The summed E-state index contributed by atoms with van der Waals surface area (Å²) in [6.45, 7) is 4.25. The van der Waals surface area contributed by atoms with Crippen molar-refractivity contribution in [3.63, 3.8) is 0 Å². The van der Waals surface area contributed by atoms with Crippen LogP contribution in [0.3, 0.4) is 0 Å². The summed E-state index contributed by atoms with van der Waals surface area (Å²) < 4.78 is 66.0. The highest BCUT2D eigenvalue weighted by Gasteiger charge is 2.58. The number of allylic oxidation sites excluding steroid dienone is 3. The van der Waals surface area contributed by atoms with Crippen LogP contribution in [0.2, 0.25) is 0 Å². The summed E-state index contributed by atoms with van der Waals surface area (Å²) in [7, 11) is -5.63. The number of hydrogen-bond acceptors (Lipinski definition) is 3. The third-order valence-electron chi connectivity index (χ3n) is 8.04. The zero-order chi connectivity index (χ0) is 19.7. The first-order valence-electron chi connectivity index (χ1n) is 9.93. The zero-order valence-electron chi connectivity index (χ0n) is 15.8. The van der Waals surface area contributed by atoms with E-state index in [1.807, 2.05) is 13.0 Å². The summed E-state index contributed by atoms with van der Waals surface area (Å²) in [5, 5.41) is 0. The topological polar surface area (TPSA) is 43.4 Å². The Morgan fingerprint density at radius 3 is 2.48 bits per heavy atom. The normalized spacial score (nSPS) is 41.7. The van der Waals surface area contributed by atoms with Gasteiger partial charge >= 0.3 is 15.6 Å². The van der Waals surface area contributed by atoms with Gasteiger partial charge in [0, 0.05) is 5.41 Å². The van der Waals surface area contributed by atoms with Crippen LogP contribution in [-0.2, 0) is 14.3 Å². The Kier molecular flexibility index (Phi) is 4.30. The van der Waals surface area contributed by atoms with E-state index in [4.69, 9.17) is 0 Å². The molecule has 0 spiro atoms. The van der Waals surface area contributed by atoms with Crippen LogP contribution < -0.4 is 0 Å². The molecule has 4 aliphatic rings. The van der Waals surface area contributed by atoms with Crippen molar-refractivity contribution in [3.05, 3.63) is 23.5 Å². The maximum absolute atomic E-state index is 12.8. The summed E-state index contributed by atoms with van der Waals surface area (Å²) in [5.74, 6) is 1.52. The van der Waals surface area contributed by atoms with Gasteiger partial charge in [0.2, 0.25) is 0 Å². The second-order valence-corrected chi connectivity index (χ2v) is 10.8. The molecule has 0 heterocycles. The Labute approximate surface area is 159 Å². The molecule has 3 fully saturated rings. The van der Waals surface area contributed by atoms with Crippen molar-refractivity contribution < 1.29 is 25.8 Å². The fourth-order valence-corrected chi connectivity index (χ4v) is 7.11. The average Bonchev–Trinajstić information content (AvgIpc) is 2.89. The number of rotatable bonds is 2. The predicted molar refractivity (Wildman–Crippen MR) is 95.8 cm³/mol. The first-order chi connectivity index (χ1) is 12.5. The minimum absolute atomic E-state index is 0.0656. The largest absolute Gasteiger partial charge is 0.534 e. The fourth-order valence-electron chi connectivity index (χ4n) is 6.54. The molecule has 0 amide bonds. The van der Waals surface area contributed by atoms with Crippen LogP contribution in [0.5, 0.6) is 0 Å². The lowest BCUT2D eigenvalue weighted by Crippen LogP contribution is -2.50. The van der Waals surface area contributed by atoms with E-state index < -0.39 is 21.0 Å². The van der Waals surface area contributed by atoms with Crippen molar-refractivity contribution >= 4 is 10.1 Å². The van der Waals surface area contributed by atoms with E-state index in [1.54, 1.807) is 0 Å². The highest BCUT2D eigenvalue weighted by molar-refractivity contribution is 7.87. The van der Waals surface area contributed by atoms with Gasteiger partial charge in [-0.1, -0.05) is 31.4 Å². The minimum atomic E-state index is -5.63. The fraction of sp³-hybridized carbons (Fsp3) is 0.800. The van der Waals surface area contributed by atoms with Crippen LogP contribution in [-0.4, -0.2) is 13.9 Å². The van der Waals surface area contributed by atoms with Gasteiger partial charge in [0.05, 0.1) is 0 Å². The standard InChI is InChI=1S/C20H27F3O3S/c1-18-11-4-3-5-13(18)6-7-14-15-8-9-17(19(15,2)12-10-16(14)18)26-27(24,25)20(21,22)23/h8-9,13-14,16H,3-7,10-12H2,1-2H3/t13?,14-,16?,18-,19-/m0/s1. The number of hydrogen-bond donors (Lipinski definition) is 0. The maximum atomic E-state index is 12.8. The first kappa shape index (κ1) is 19.3. The van der Waals surface area contributed by atoms with E-state index in [0.717, 1.165) is 30.8 Å². The van der Waals surface area contributed by atoms with Gasteiger partial charge in [-0.2, -0.15) is 21.6 Å². The monoisotopic (exact) mass is 404 g/mol. The van der Waals surface area contributed by atoms with Crippen LogP contribution in [0.25, 0.3) is 0 Å². The predicted octanol–water partition coefficient (Wildman–Crippen LogP) is 5.70. The summed E-state index contributed by atoms with van der Waals surface area (Å²) in [5.41, 5.74) is -4.77. The Bertz CT molecular complexity index is 798. The van der Waals surface area contributed by atoms with E-state index in [0.29, 0.717) is 23.7 Å². The van der Waals surface area contributed by atoms with Gasteiger partial charge in [-0.3, -0.25) is 0 Å². The van der Waals surface area contributed by atoms with Gasteiger partial charge in [0.25, 0.3) is 0 Å². The van der Waals surface area contributed by atoms with Crippen LogP contribution in [0.15, 0.2) is 23.5 Å². The molecule has 3 nitrogen and oxygen atoms in total. The van der Waals surface area contributed by atoms with E-state index in [2.05, 4.69) is 11.1 Å². The van der Waals surface area contributed by atoms with E-state index in [-0.39, 0.29) is 5.76 Å². The van der Waals surface area contributed by atoms with Crippen molar-refractivity contribution in [1.29, 1.82) is 0 Å². The Morgan fingerprint density at radius 1 is 1.04 bits per heavy atom. The summed E-state index contributed by atoms with van der Waals surface area (Å²) in [6, 6.07) is 0. The van der Waals surface area contributed by atoms with Gasteiger partial charge in [0.1, 0.15) is 5.76 Å². The molecule has 0 saturated heterocycles. The molecular formula is C20H27F3O3S. The molecule has 0 aliphatic heterocycles. The molecule has 0 aromatic rings. The van der Waals surface area contributed by atoms with E-state index >= 15 is 0 Å². The minimum Gasteiger partial charge on any atom is -0.380 e. The second-order valence-electron chi connectivity index (χ2n) is 9.25. The maximum Gasteiger partial charge on any atom is 0.534 e. The lowest BCUT2D eigenvalue weighted by atomic mass is 9.46. The van der Waals surface area contributed by atoms with Crippen molar-refractivity contribution in [2.24, 2.45) is 28.6 Å². The van der Waals surface area contributed by atoms with Crippen molar-refractivity contribution in [1.82, 2.24) is 0 Å². The van der Waals surface area contributed by atoms with Crippen molar-refractivity contribution in [2.75, 3.05) is 0 Å². The van der Waals surface area contributed by atoms with E-state index in [1.165, 1.54) is 31.8 Å². The van der Waals surface area contributed by atoms with Gasteiger partial charge in [-0.25, -0.2) is 0 Å². The van der Waals surface area contributed by atoms with Gasteiger partial charge in [-0.05, 0) is 74.7 Å². The summed E-state index contributed by atoms with van der Waals surface area (Å²) in [4.78, 5) is 0. The molecule has 7 heteroatoms. The third-order valence-corrected chi connectivity index (χ3v) is 9.01. The molecule has 0 N–H and O–H groups in total. The molecule has 152 valence electrons. The van der Waals surface area contributed by atoms with Crippen molar-refractivity contribution in [3.8, 4) is 0 Å². The van der Waals surface area contributed by atoms with Crippen LogP contribution >= 0.6 is 0 Å². The molecule has 3 saturated carbocycles. The molecular weight excluding hydrogens is 377 g/mol. The molecule has 0 aromatic heterocycles. The smallest absolute Gasteiger partial charge is 0.380 e. The summed E-state index contributed by atoms with van der Waals surface area (Å²) in [6.07, 6.45) is 12.1. The molecule has 2 unspecified atom stereocenters. The number of halogens is 3. The molecule has 5 atom stereocenters. The zero-order valence-corrected chi connectivity index (χ0v) is 16.6. The van der Waals surface area contributed by atoms with Crippen LogP contribution in [0, 0.1) is 28.6 Å². The lowest BCUT2D eigenvalue weighted by Gasteiger charge is -2.58. The quantitative estimate of drug-likeness (QED) is 0.438. The molecule has 4 aliphatic carbocycles. The SMILES string of the molecule is C[C@]12CCC3[C@@H](CCC4CCCC[C@@]43C)C1=CC=C2OS(=O)(=O)C(F)(F)F. The Morgan fingerprint density at radius 2 is 1.78 bits per heavy atom. The summed E-state index contributed by atoms with van der Waals surface area (Å²) >= 11 is 0. The van der Waals surface area contributed by atoms with Crippen molar-refractivity contribution in [2.45, 2.75) is 70.7 Å². The van der Waals surface area contributed by atoms with Gasteiger partial charge in [0.15, 0.2) is 0 Å². The highest BCUT2D eigenvalue weighted by Crippen LogP contribution is 2.65. The van der Waals surface area contributed by atoms with Gasteiger partial charge in [-0.15, -0.1) is 0 Å².